The van der Waals surface area contributed by atoms with E-state index in [4.69, 9.17) is 9.47 Å². The van der Waals surface area contributed by atoms with Crippen molar-refractivity contribution in [2.45, 2.75) is 114 Å². The van der Waals surface area contributed by atoms with Crippen LogP contribution in [0.3, 0.4) is 0 Å². The van der Waals surface area contributed by atoms with Crippen LogP contribution in [0.15, 0.2) is 0 Å². The van der Waals surface area contributed by atoms with Gasteiger partial charge in [-0.3, -0.25) is 19.2 Å². The van der Waals surface area contributed by atoms with Crippen LogP contribution >= 0.6 is 0 Å². The first-order chi connectivity index (χ1) is 19.7. The van der Waals surface area contributed by atoms with Crippen molar-refractivity contribution in [3.8, 4) is 0 Å². The third-order valence-electron chi connectivity index (χ3n) is 6.02. The zero-order chi connectivity index (χ0) is 32.0. The molecule has 2 unspecified atom stereocenters. The number of rotatable bonds is 25. The van der Waals surface area contributed by atoms with Crippen LogP contribution in [-0.2, 0) is 58.4 Å². The monoisotopic (exact) mass is 690 g/mol. The van der Waals surface area contributed by atoms with E-state index in [0.717, 1.165) is 64.2 Å². The summed E-state index contributed by atoms with van der Waals surface area (Å²) in [5, 5.41) is -4.64. The smallest absolute Gasteiger partial charge is 0.747 e. The molecular weight excluding hydrogens is 646 g/mol. The number of hydrogen-bond donors (Lipinski definition) is 0. The number of unbranched alkanes of at least 4 members (excludes halogenated alkanes) is 10. The molecule has 246 valence electrons. The van der Waals surface area contributed by atoms with E-state index in [0.29, 0.717) is 12.8 Å². The molecule has 0 aliphatic carbocycles. The van der Waals surface area contributed by atoms with E-state index in [1.807, 2.05) is 0 Å². The third kappa shape index (κ3) is 24.9. The summed E-state index contributed by atoms with van der Waals surface area (Å²) in [6, 6.07) is 0. The Bertz CT molecular complexity index is 953. The van der Waals surface area contributed by atoms with E-state index in [1.54, 1.807) is 0 Å². The van der Waals surface area contributed by atoms with Crippen LogP contribution in [0.4, 0.5) is 0 Å². The maximum absolute atomic E-state index is 12.1. The summed E-state index contributed by atoms with van der Waals surface area (Å²) in [5.41, 5.74) is 0. The number of carbonyl (C=O) groups excluding carboxylic acids is 4. The maximum atomic E-state index is 12.1. The molecule has 0 spiro atoms. The average molecular weight is 691 g/mol. The summed E-state index contributed by atoms with van der Waals surface area (Å²) >= 11 is 0. The van der Waals surface area contributed by atoms with Gasteiger partial charge in [-0.15, -0.1) is 0 Å². The van der Waals surface area contributed by atoms with Crippen molar-refractivity contribution in [1.82, 2.24) is 0 Å². The molecule has 0 fully saturated rings. The first kappa shape index (κ1) is 48.1. The van der Waals surface area contributed by atoms with Gasteiger partial charge in [-0.2, -0.15) is 0 Å². The Morgan fingerprint density at radius 1 is 0.500 bits per heavy atom. The molecule has 0 saturated carbocycles. The van der Waals surface area contributed by atoms with Gasteiger partial charge in [0.25, 0.3) is 0 Å². The van der Waals surface area contributed by atoms with Gasteiger partial charge in [0.05, 0.1) is 26.1 Å². The second-order valence-electron chi connectivity index (χ2n) is 9.68. The summed E-state index contributed by atoms with van der Waals surface area (Å²) in [6.45, 7) is 2.58. The Morgan fingerprint density at radius 2 is 0.795 bits per heavy atom. The Kier molecular flexibility index (Phi) is 30.4. The van der Waals surface area contributed by atoms with E-state index in [2.05, 4.69) is 23.3 Å². The van der Waals surface area contributed by atoms with Crippen molar-refractivity contribution in [3.63, 3.8) is 0 Å². The van der Waals surface area contributed by atoms with E-state index in [1.165, 1.54) is 0 Å². The fraction of sp³-hybridized carbons (Fsp3) is 0.846. The van der Waals surface area contributed by atoms with Crippen molar-refractivity contribution < 1.29 is 123 Å². The Hall–Kier alpha value is -0.300. The van der Waals surface area contributed by atoms with Gasteiger partial charge in [-0.1, -0.05) is 78.1 Å². The van der Waals surface area contributed by atoms with E-state index >= 15 is 0 Å². The Balaban J connectivity index is -0.00000840. The number of carbonyl (C=O) groups is 4. The van der Waals surface area contributed by atoms with Gasteiger partial charge in [0.15, 0.2) is 10.5 Å². The quantitative estimate of drug-likeness (QED) is 0.0298. The molecule has 0 radical (unpaired) electrons. The molecule has 0 heterocycles. The van der Waals surface area contributed by atoms with Crippen molar-refractivity contribution in [2.24, 2.45) is 0 Å². The van der Waals surface area contributed by atoms with Crippen LogP contribution in [0.1, 0.15) is 104 Å². The SMILES string of the molecule is CCCCCCCCOC(=O)C(CC(=O)OCCOC(=O)CC(C(=O)OCCCCCCCC)S(=O)(=O)[O-])S(=O)(=O)[O-].[Na+].[Na+]. The Morgan fingerprint density at radius 3 is 1.09 bits per heavy atom. The predicted molar refractivity (Wildman–Crippen MR) is 147 cm³/mol. The maximum Gasteiger partial charge on any atom is 1.00 e. The molecule has 14 nitrogen and oxygen atoms in total. The van der Waals surface area contributed by atoms with Crippen molar-refractivity contribution in [1.29, 1.82) is 0 Å². The molecule has 0 amide bonds. The minimum Gasteiger partial charge on any atom is -0.747 e. The van der Waals surface area contributed by atoms with Crippen LogP contribution in [0.5, 0.6) is 0 Å². The second kappa shape index (κ2) is 27.8. The fourth-order valence-electron chi connectivity index (χ4n) is 3.63. The largest absolute Gasteiger partial charge is 1.00 e. The van der Waals surface area contributed by atoms with Crippen LogP contribution in [0, 0.1) is 0 Å². The molecule has 0 aliphatic heterocycles. The van der Waals surface area contributed by atoms with E-state index < -0.39 is 80.7 Å². The molecule has 0 aliphatic rings. The standard InChI is InChI=1S/C26H46O14S2.2Na/c1-3-5-7-9-11-13-15-39-25(29)21(41(31,32)33)19-23(27)37-17-18-38-24(28)20-22(42(34,35)36)26(30)40-16-14-12-10-8-6-4-2;;/h21-22H,3-20H2,1-2H3,(H,31,32,33)(H,34,35,36);;/q;2*+1/p-2. The molecule has 0 bridgehead atoms. The van der Waals surface area contributed by atoms with Gasteiger partial charge < -0.3 is 28.1 Å². The molecular formula is C26H44Na2O14S2. The van der Waals surface area contributed by atoms with Gasteiger partial charge in [0.1, 0.15) is 33.5 Å². The van der Waals surface area contributed by atoms with Gasteiger partial charge in [0, 0.05) is 0 Å². The minimum atomic E-state index is -5.25. The fourth-order valence-corrected chi connectivity index (χ4v) is 4.92. The number of esters is 4. The average Bonchev–Trinajstić information content (AvgIpc) is 2.90. The molecule has 0 N–H and O–H groups in total. The Labute approximate surface area is 305 Å². The molecule has 18 heteroatoms. The van der Waals surface area contributed by atoms with Crippen molar-refractivity contribution >= 4 is 44.1 Å². The molecule has 0 aromatic carbocycles. The summed E-state index contributed by atoms with van der Waals surface area (Å²) in [6.07, 6.45) is 8.21. The summed E-state index contributed by atoms with van der Waals surface area (Å²) in [5.74, 6) is -5.30. The summed E-state index contributed by atoms with van der Waals surface area (Å²) < 4.78 is 87.8. The molecule has 44 heavy (non-hydrogen) atoms. The predicted octanol–water partition coefficient (Wildman–Crippen LogP) is -3.50. The molecule has 0 saturated heterocycles. The van der Waals surface area contributed by atoms with Crippen LogP contribution < -0.4 is 59.1 Å². The third-order valence-corrected chi connectivity index (χ3v) is 8.13. The van der Waals surface area contributed by atoms with Gasteiger partial charge in [-0.05, 0) is 12.8 Å². The molecule has 0 aromatic heterocycles. The number of ether oxygens (including phenoxy) is 4. The molecule has 0 aromatic rings. The number of hydrogen-bond acceptors (Lipinski definition) is 14. The first-order valence-corrected chi connectivity index (χ1v) is 17.2. The normalized spacial score (nSPS) is 12.5. The molecule has 2 atom stereocenters. The van der Waals surface area contributed by atoms with Crippen molar-refractivity contribution in [3.05, 3.63) is 0 Å². The van der Waals surface area contributed by atoms with E-state index in [-0.39, 0.29) is 72.3 Å². The zero-order valence-electron chi connectivity index (χ0n) is 26.4. The second-order valence-corrected chi connectivity index (χ2v) is 12.8. The molecule has 0 rings (SSSR count). The topological polar surface area (TPSA) is 220 Å². The zero-order valence-corrected chi connectivity index (χ0v) is 32.0. The minimum absolute atomic E-state index is 0. The van der Waals surface area contributed by atoms with Gasteiger partial charge in [0.2, 0.25) is 0 Å². The van der Waals surface area contributed by atoms with Crippen LogP contribution in [-0.4, -0.2) is 86.7 Å². The summed E-state index contributed by atoms with van der Waals surface area (Å²) in [7, 11) is -10.5. The summed E-state index contributed by atoms with van der Waals surface area (Å²) in [4.78, 5) is 48.1. The first-order valence-electron chi connectivity index (χ1n) is 14.3. The van der Waals surface area contributed by atoms with Crippen LogP contribution in [0.2, 0.25) is 0 Å². The van der Waals surface area contributed by atoms with Gasteiger partial charge >= 0.3 is 83.0 Å². The van der Waals surface area contributed by atoms with Gasteiger partial charge in [-0.25, -0.2) is 16.8 Å². The van der Waals surface area contributed by atoms with Crippen LogP contribution in [0.25, 0.3) is 0 Å². The van der Waals surface area contributed by atoms with Crippen molar-refractivity contribution in [2.75, 3.05) is 26.4 Å². The van der Waals surface area contributed by atoms with E-state index in [9.17, 15) is 45.1 Å².